The predicted octanol–water partition coefficient (Wildman–Crippen LogP) is 2.59. The van der Waals surface area contributed by atoms with Gasteiger partial charge in [-0.15, -0.1) is 0 Å². The van der Waals surface area contributed by atoms with Crippen LogP contribution in [0.25, 0.3) is 0 Å². The monoisotopic (exact) mass is 293 g/mol. The average Bonchev–Trinajstić information content (AvgIpc) is 2.50. The Kier molecular flexibility index (Phi) is 8.47. The van der Waals surface area contributed by atoms with Crippen molar-refractivity contribution in [1.82, 2.24) is 0 Å². The second kappa shape index (κ2) is 10.2. The highest BCUT2D eigenvalue weighted by atomic mass is 16.5. The number of nitrogens with zero attached hydrogens (tertiary/aromatic N) is 1. The van der Waals surface area contributed by atoms with Crippen LogP contribution in [0.5, 0.6) is 0 Å². The van der Waals surface area contributed by atoms with Gasteiger partial charge in [0.1, 0.15) is 0 Å². The maximum Gasteiger partial charge on any atom is 0.193 e. The Bertz CT molecular complexity index is 418. The number of ether oxygens (including phenoxy) is 2. The second-order valence-electron chi connectivity index (χ2n) is 4.93. The lowest BCUT2D eigenvalue weighted by molar-refractivity contribution is 0.0748. The summed E-state index contributed by atoms with van der Waals surface area (Å²) >= 11 is 0. The highest BCUT2D eigenvalue weighted by molar-refractivity contribution is 5.92. The summed E-state index contributed by atoms with van der Waals surface area (Å²) < 4.78 is 10.2. The van der Waals surface area contributed by atoms with Gasteiger partial charge < -0.3 is 20.5 Å². The summed E-state index contributed by atoms with van der Waals surface area (Å²) in [6.07, 6.45) is 1.14. The molecule has 21 heavy (non-hydrogen) atoms. The van der Waals surface area contributed by atoms with E-state index in [0.29, 0.717) is 38.2 Å². The van der Waals surface area contributed by atoms with Gasteiger partial charge in [0.15, 0.2) is 5.96 Å². The first kappa shape index (κ1) is 17.5. The molecule has 1 aromatic carbocycles. The highest BCUT2D eigenvalue weighted by Gasteiger charge is 2.02. The number of benzene rings is 1. The molecular formula is C16H27N3O2. The van der Waals surface area contributed by atoms with Gasteiger partial charge in [-0.05, 0) is 30.0 Å². The van der Waals surface area contributed by atoms with Crippen molar-refractivity contribution < 1.29 is 9.47 Å². The summed E-state index contributed by atoms with van der Waals surface area (Å²) in [6.45, 7) is 6.67. The molecule has 0 radical (unpaired) electrons. The van der Waals surface area contributed by atoms with Crippen molar-refractivity contribution in [3.63, 3.8) is 0 Å². The molecule has 118 valence electrons. The van der Waals surface area contributed by atoms with E-state index < -0.39 is 0 Å². The number of hydrogen-bond acceptors (Lipinski definition) is 3. The quantitative estimate of drug-likeness (QED) is 0.417. The molecule has 0 fully saturated rings. The molecule has 3 N–H and O–H groups in total. The highest BCUT2D eigenvalue weighted by Crippen LogP contribution is 2.20. The maximum atomic E-state index is 5.83. The molecule has 5 heteroatoms. The third-order valence-electron chi connectivity index (χ3n) is 3.31. The van der Waals surface area contributed by atoms with Crippen molar-refractivity contribution >= 4 is 11.6 Å². The van der Waals surface area contributed by atoms with E-state index in [4.69, 9.17) is 15.2 Å². The lowest BCUT2D eigenvalue weighted by Gasteiger charge is -2.10. The molecule has 0 saturated carbocycles. The van der Waals surface area contributed by atoms with E-state index in [1.165, 1.54) is 5.56 Å². The SMILES string of the molecule is CCC(C)c1ccc(NC(N)=NCCOCCOC)cc1. The molecule has 0 aliphatic carbocycles. The lowest BCUT2D eigenvalue weighted by atomic mass is 9.99. The van der Waals surface area contributed by atoms with E-state index in [0.717, 1.165) is 12.1 Å². The first-order chi connectivity index (χ1) is 10.2. The molecule has 5 nitrogen and oxygen atoms in total. The fourth-order valence-electron chi connectivity index (χ4n) is 1.79. The van der Waals surface area contributed by atoms with Gasteiger partial charge in [0.2, 0.25) is 0 Å². The molecular weight excluding hydrogens is 266 g/mol. The Morgan fingerprint density at radius 1 is 1.24 bits per heavy atom. The van der Waals surface area contributed by atoms with Crippen LogP contribution in [0, 0.1) is 0 Å². The van der Waals surface area contributed by atoms with Gasteiger partial charge in [0.25, 0.3) is 0 Å². The lowest BCUT2D eigenvalue weighted by Crippen LogP contribution is -2.23. The molecule has 1 aromatic rings. The van der Waals surface area contributed by atoms with E-state index >= 15 is 0 Å². The Labute approximate surface area is 127 Å². The number of methoxy groups -OCH3 is 1. The Morgan fingerprint density at radius 2 is 1.95 bits per heavy atom. The van der Waals surface area contributed by atoms with Crippen molar-refractivity contribution in [3.8, 4) is 0 Å². The molecule has 0 spiro atoms. The molecule has 0 aliphatic rings. The molecule has 0 aliphatic heterocycles. The zero-order chi connectivity index (χ0) is 15.5. The molecule has 1 atom stereocenters. The van der Waals surface area contributed by atoms with Gasteiger partial charge in [-0.25, -0.2) is 0 Å². The molecule has 1 unspecified atom stereocenters. The van der Waals surface area contributed by atoms with Gasteiger partial charge in [-0.1, -0.05) is 26.0 Å². The smallest absolute Gasteiger partial charge is 0.193 e. The first-order valence-corrected chi connectivity index (χ1v) is 7.41. The Hall–Kier alpha value is -1.59. The van der Waals surface area contributed by atoms with E-state index in [-0.39, 0.29) is 0 Å². The van der Waals surface area contributed by atoms with E-state index in [9.17, 15) is 0 Å². The van der Waals surface area contributed by atoms with Crippen molar-refractivity contribution in [1.29, 1.82) is 0 Å². The Morgan fingerprint density at radius 3 is 2.57 bits per heavy atom. The van der Waals surface area contributed by atoms with Crippen molar-refractivity contribution in [2.24, 2.45) is 10.7 Å². The minimum Gasteiger partial charge on any atom is -0.382 e. The fraction of sp³-hybridized carbons (Fsp3) is 0.562. The van der Waals surface area contributed by atoms with E-state index in [2.05, 4.69) is 36.3 Å². The Balaban J connectivity index is 2.34. The van der Waals surface area contributed by atoms with Crippen LogP contribution in [-0.4, -0.2) is 39.4 Å². The van der Waals surface area contributed by atoms with Crippen LogP contribution in [-0.2, 0) is 9.47 Å². The topological polar surface area (TPSA) is 68.9 Å². The van der Waals surface area contributed by atoms with E-state index in [1.54, 1.807) is 7.11 Å². The molecule has 0 amide bonds. The van der Waals surface area contributed by atoms with Gasteiger partial charge >= 0.3 is 0 Å². The summed E-state index contributed by atoms with van der Waals surface area (Å²) in [5.41, 5.74) is 8.12. The largest absolute Gasteiger partial charge is 0.382 e. The van der Waals surface area contributed by atoms with Gasteiger partial charge in [-0.3, -0.25) is 4.99 Å². The first-order valence-electron chi connectivity index (χ1n) is 7.41. The van der Waals surface area contributed by atoms with Crippen molar-refractivity contribution in [2.45, 2.75) is 26.2 Å². The minimum absolute atomic E-state index is 0.404. The summed E-state index contributed by atoms with van der Waals surface area (Å²) in [7, 11) is 1.65. The number of anilines is 1. The number of aliphatic imine (C=N–C) groups is 1. The van der Waals surface area contributed by atoms with Gasteiger partial charge in [-0.2, -0.15) is 0 Å². The summed E-state index contributed by atoms with van der Waals surface area (Å²) in [5.74, 6) is 0.982. The molecule has 1 rings (SSSR count). The normalized spacial score (nSPS) is 13.2. The van der Waals surface area contributed by atoms with Crippen molar-refractivity contribution in [2.75, 3.05) is 38.8 Å². The fourth-order valence-corrected chi connectivity index (χ4v) is 1.79. The van der Waals surface area contributed by atoms with Gasteiger partial charge in [0.05, 0.1) is 26.4 Å². The predicted molar refractivity (Wildman–Crippen MR) is 88.0 cm³/mol. The average molecular weight is 293 g/mol. The minimum atomic E-state index is 0.404. The third-order valence-corrected chi connectivity index (χ3v) is 3.31. The third kappa shape index (κ3) is 7.11. The number of guanidine groups is 1. The van der Waals surface area contributed by atoms with Crippen LogP contribution in [0.15, 0.2) is 29.3 Å². The maximum absolute atomic E-state index is 5.83. The van der Waals surface area contributed by atoms with Crippen molar-refractivity contribution in [3.05, 3.63) is 29.8 Å². The van der Waals surface area contributed by atoms with Crippen LogP contribution < -0.4 is 11.1 Å². The zero-order valence-corrected chi connectivity index (χ0v) is 13.3. The van der Waals surface area contributed by atoms with Crippen LogP contribution in [0.3, 0.4) is 0 Å². The molecule has 0 saturated heterocycles. The van der Waals surface area contributed by atoms with Gasteiger partial charge in [0, 0.05) is 12.8 Å². The number of nitrogens with one attached hydrogen (secondary N) is 1. The van der Waals surface area contributed by atoms with Crippen LogP contribution in [0.2, 0.25) is 0 Å². The van der Waals surface area contributed by atoms with Crippen LogP contribution in [0.4, 0.5) is 5.69 Å². The molecule has 0 heterocycles. The summed E-state index contributed by atoms with van der Waals surface area (Å²) in [6, 6.07) is 8.30. The second-order valence-corrected chi connectivity index (χ2v) is 4.93. The standard InChI is InChI=1S/C16H27N3O2/c1-4-13(2)14-5-7-15(8-6-14)19-16(17)18-9-10-21-12-11-20-3/h5-8,13H,4,9-12H2,1-3H3,(H3,17,18,19). The number of nitrogens with two attached hydrogens (primary N) is 1. The molecule has 0 bridgehead atoms. The number of hydrogen-bond donors (Lipinski definition) is 2. The summed E-state index contributed by atoms with van der Waals surface area (Å²) in [5, 5.41) is 3.08. The summed E-state index contributed by atoms with van der Waals surface area (Å²) in [4.78, 5) is 4.21. The van der Waals surface area contributed by atoms with Crippen LogP contribution >= 0.6 is 0 Å². The zero-order valence-electron chi connectivity index (χ0n) is 13.3. The number of rotatable bonds is 9. The van der Waals surface area contributed by atoms with E-state index in [1.807, 2.05) is 12.1 Å². The van der Waals surface area contributed by atoms with Crippen LogP contribution in [0.1, 0.15) is 31.7 Å². The molecule has 0 aromatic heterocycles.